The number of carbonyl (C=O) groups excluding carboxylic acids is 1. The van der Waals surface area contributed by atoms with Crippen LogP contribution in [0.1, 0.15) is 21.6 Å². The molecular formula is C18H17N3O4S. The van der Waals surface area contributed by atoms with Crippen molar-refractivity contribution >= 4 is 26.9 Å². The van der Waals surface area contributed by atoms with Gasteiger partial charge in [-0.1, -0.05) is 0 Å². The number of H-pyrrole nitrogens is 1. The number of nitrogens with one attached hydrogen (secondary N) is 1. The Balaban J connectivity index is 1.75. The number of methoxy groups -OCH3 is 1. The fraction of sp³-hybridized carbons (Fsp3) is 0.222. The molecule has 0 fully saturated rings. The van der Waals surface area contributed by atoms with Gasteiger partial charge in [-0.15, -0.1) is 0 Å². The van der Waals surface area contributed by atoms with E-state index in [2.05, 4.69) is 9.97 Å². The van der Waals surface area contributed by atoms with E-state index in [-0.39, 0.29) is 11.4 Å². The molecule has 2 aromatic heterocycles. The van der Waals surface area contributed by atoms with E-state index < -0.39 is 16.0 Å². The fourth-order valence-corrected chi connectivity index (χ4v) is 4.66. The standard InChI is InChI=1S/C18H17N3O4S/c1-25-18(22)12-4-5-16-14(9-12)15-11-21(8-6-17(15)20-16)26(23,24)13-3-2-7-19-10-13/h2-5,7,9-10,20H,6,8,11H2,1H3. The number of aromatic nitrogens is 2. The van der Waals surface area contributed by atoms with Gasteiger partial charge in [0.2, 0.25) is 10.0 Å². The molecule has 1 aromatic carbocycles. The smallest absolute Gasteiger partial charge is 0.337 e. The summed E-state index contributed by atoms with van der Waals surface area (Å²) in [4.78, 5) is 19.2. The lowest BCUT2D eigenvalue weighted by Crippen LogP contribution is -2.35. The number of fused-ring (bicyclic) bond motifs is 3. The molecule has 0 unspecified atom stereocenters. The molecule has 0 spiro atoms. The predicted molar refractivity (Wildman–Crippen MR) is 95.2 cm³/mol. The lowest BCUT2D eigenvalue weighted by Gasteiger charge is -2.26. The van der Waals surface area contributed by atoms with Gasteiger partial charge in [0.25, 0.3) is 0 Å². The monoisotopic (exact) mass is 371 g/mol. The number of hydrogen-bond acceptors (Lipinski definition) is 5. The van der Waals surface area contributed by atoms with Gasteiger partial charge in [0.05, 0.1) is 12.7 Å². The van der Waals surface area contributed by atoms with E-state index >= 15 is 0 Å². The molecular weight excluding hydrogens is 354 g/mol. The van der Waals surface area contributed by atoms with Crippen LogP contribution in [0.25, 0.3) is 10.9 Å². The number of nitrogens with zero attached hydrogens (tertiary/aromatic N) is 2. The summed E-state index contributed by atoms with van der Waals surface area (Å²) >= 11 is 0. The van der Waals surface area contributed by atoms with E-state index in [4.69, 9.17) is 4.74 Å². The highest BCUT2D eigenvalue weighted by Crippen LogP contribution is 2.31. The maximum Gasteiger partial charge on any atom is 0.337 e. The predicted octanol–water partition coefficient (Wildman–Crippen LogP) is 2.10. The number of hydrogen-bond donors (Lipinski definition) is 1. The summed E-state index contributed by atoms with van der Waals surface area (Å²) in [6, 6.07) is 8.41. The molecule has 3 aromatic rings. The van der Waals surface area contributed by atoms with Crippen molar-refractivity contribution in [3.05, 3.63) is 59.5 Å². The summed E-state index contributed by atoms with van der Waals surface area (Å²) < 4.78 is 32.0. The van der Waals surface area contributed by atoms with E-state index in [1.165, 1.54) is 17.6 Å². The molecule has 0 amide bonds. The molecule has 1 aliphatic heterocycles. The number of ether oxygens (including phenoxy) is 1. The fourth-order valence-electron chi connectivity index (χ4n) is 3.29. The molecule has 0 saturated heterocycles. The summed E-state index contributed by atoms with van der Waals surface area (Å²) in [5.74, 6) is -0.419. The normalized spacial score (nSPS) is 15.0. The minimum atomic E-state index is -3.62. The van der Waals surface area contributed by atoms with Gasteiger partial charge in [-0.2, -0.15) is 4.31 Å². The molecule has 0 atom stereocenters. The van der Waals surface area contributed by atoms with Crippen LogP contribution in [0.2, 0.25) is 0 Å². The summed E-state index contributed by atoms with van der Waals surface area (Å²) in [6.45, 7) is 0.637. The molecule has 1 aliphatic rings. The molecule has 1 N–H and O–H groups in total. The molecule has 0 bridgehead atoms. The van der Waals surface area contributed by atoms with Crippen LogP contribution >= 0.6 is 0 Å². The van der Waals surface area contributed by atoms with Gasteiger partial charge in [-0.3, -0.25) is 4.98 Å². The average molecular weight is 371 g/mol. The van der Waals surface area contributed by atoms with Gasteiger partial charge in [-0.05, 0) is 35.9 Å². The highest BCUT2D eigenvalue weighted by Gasteiger charge is 2.30. The topological polar surface area (TPSA) is 92.4 Å². The van der Waals surface area contributed by atoms with Gasteiger partial charge in [0.1, 0.15) is 4.90 Å². The Morgan fingerprint density at radius 3 is 2.88 bits per heavy atom. The van der Waals surface area contributed by atoms with Gasteiger partial charge in [0, 0.05) is 48.5 Å². The van der Waals surface area contributed by atoms with Crippen LogP contribution in [0, 0.1) is 0 Å². The van der Waals surface area contributed by atoms with Gasteiger partial charge >= 0.3 is 5.97 Å². The van der Waals surface area contributed by atoms with E-state index in [1.807, 2.05) is 6.07 Å². The van der Waals surface area contributed by atoms with Gasteiger partial charge < -0.3 is 9.72 Å². The first kappa shape index (κ1) is 16.7. The van der Waals surface area contributed by atoms with Crippen molar-refractivity contribution in [2.75, 3.05) is 13.7 Å². The van der Waals surface area contributed by atoms with Crippen LogP contribution in [-0.2, 0) is 27.7 Å². The van der Waals surface area contributed by atoms with Crippen molar-refractivity contribution in [1.82, 2.24) is 14.3 Å². The minimum absolute atomic E-state index is 0.179. The Morgan fingerprint density at radius 1 is 1.31 bits per heavy atom. The Hall–Kier alpha value is -2.71. The second-order valence-corrected chi connectivity index (χ2v) is 8.05. The number of benzene rings is 1. The number of esters is 1. The highest BCUT2D eigenvalue weighted by molar-refractivity contribution is 7.89. The zero-order chi connectivity index (χ0) is 18.3. The van der Waals surface area contributed by atoms with Gasteiger partial charge in [-0.25, -0.2) is 13.2 Å². The number of sulfonamides is 1. The molecule has 7 nitrogen and oxygen atoms in total. The van der Waals surface area contributed by atoms with Crippen molar-refractivity contribution in [3.8, 4) is 0 Å². The zero-order valence-corrected chi connectivity index (χ0v) is 14.9. The first-order chi connectivity index (χ1) is 12.5. The van der Waals surface area contributed by atoms with Crippen molar-refractivity contribution in [2.24, 2.45) is 0 Å². The van der Waals surface area contributed by atoms with Crippen LogP contribution in [0.5, 0.6) is 0 Å². The summed E-state index contributed by atoms with van der Waals surface area (Å²) in [7, 11) is -2.28. The number of pyridine rings is 1. The lowest BCUT2D eigenvalue weighted by molar-refractivity contribution is 0.0601. The van der Waals surface area contributed by atoms with Crippen LogP contribution in [0.3, 0.4) is 0 Å². The van der Waals surface area contributed by atoms with E-state index in [1.54, 1.807) is 30.5 Å². The van der Waals surface area contributed by atoms with Gasteiger partial charge in [0.15, 0.2) is 0 Å². The largest absolute Gasteiger partial charge is 0.465 e. The minimum Gasteiger partial charge on any atom is -0.465 e. The highest BCUT2D eigenvalue weighted by atomic mass is 32.2. The van der Waals surface area contributed by atoms with Crippen LogP contribution in [-0.4, -0.2) is 42.3 Å². The third kappa shape index (κ3) is 2.67. The van der Waals surface area contributed by atoms with Crippen molar-refractivity contribution < 1.29 is 17.9 Å². The third-order valence-electron chi connectivity index (χ3n) is 4.63. The average Bonchev–Trinajstić information content (AvgIpc) is 3.05. The first-order valence-electron chi connectivity index (χ1n) is 8.12. The van der Waals surface area contributed by atoms with E-state index in [0.717, 1.165) is 22.2 Å². The number of rotatable bonds is 3. The molecule has 0 radical (unpaired) electrons. The van der Waals surface area contributed by atoms with Crippen LogP contribution in [0.15, 0.2) is 47.6 Å². The molecule has 3 heterocycles. The number of carbonyl (C=O) groups is 1. The van der Waals surface area contributed by atoms with E-state index in [0.29, 0.717) is 18.5 Å². The number of aromatic amines is 1. The maximum atomic E-state index is 12.9. The second kappa shape index (κ2) is 6.22. The molecule has 4 rings (SSSR count). The Morgan fingerprint density at radius 2 is 2.15 bits per heavy atom. The van der Waals surface area contributed by atoms with Crippen molar-refractivity contribution in [2.45, 2.75) is 17.9 Å². The Bertz CT molecular complexity index is 1090. The van der Waals surface area contributed by atoms with E-state index in [9.17, 15) is 13.2 Å². The Labute approximate surface area is 150 Å². The third-order valence-corrected chi connectivity index (χ3v) is 6.46. The quantitative estimate of drug-likeness (QED) is 0.712. The SMILES string of the molecule is COC(=O)c1ccc2[nH]c3c(c2c1)CN(S(=O)(=O)c1cccnc1)CC3. The second-order valence-electron chi connectivity index (χ2n) is 6.11. The molecule has 134 valence electrons. The summed E-state index contributed by atoms with van der Waals surface area (Å²) in [6.07, 6.45) is 3.48. The summed E-state index contributed by atoms with van der Waals surface area (Å²) in [5.41, 5.74) is 3.21. The zero-order valence-electron chi connectivity index (χ0n) is 14.1. The maximum absolute atomic E-state index is 12.9. The van der Waals surface area contributed by atoms with Crippen LogP contribution < -0.4 is 0 Å². The molecule has 0 saturated carbocycles. The molecule has 26 heavy (non-hydrogen) atoms. The van der Waals surface area contributed by atoms with Crippen LogP contribution in [0.4, 0.5) is 0 Å². The lowest BCUT2D eigenvalue weighted by atomic mass is 10.0. The Kier molecular flexibility index (Phi) is 4.01. The van der Waals surface area contributed by atoms with Crippen molar-refractivity contribution in [1.29, 1.82) is 0 Å². The molecule has 0 aliphatic carbocycles. The molecule has 8 heteroatoms. The first-order valence-corrected chi connectivity index (χ1v) is 9.56. The van der Waals surface area contributed by atoms with Crippen molar-refractivity contribution in [3.63, 3.8) is 0 Å². The summed E-state index contributed by atoms with van der Waals surface area (Å²) in [5, 5.41) is 0.842.